The molecule has 0 atom stereocenters. The zero-order chi connectivity index (χ0) is 15.0. The Bertz CT molecular complexity index is 432. The Morgan fingerprint density at radius 2 is 1.80 bits per heavy atom. The maximum Gasteiger partial charge on any atom is 0.124 e. The van der Waals surface area contributed by atoms with E-state index in [9.17, 15) is 4.39 Å². The van der Waals surface area contributed by atoms with Gasteiger partial charge in [0, 0.05) is 39.4 Å². The largest absolute Gasteiger partial charge is 0.384 e. The minimum Gasteiger partial charge on any atom is -0.384 e. The normalized spacial score (nSPS) is 11.0. The number of halogens is 1. The van der Waals surface area contributed by atoms with Crippen molar-refractivity contribution in [1.29, 1.82) is 5.41 Å². The molecule has 0 unspecified atom stereocenters. The van der Waals surface area contributed by atoms with Gasteiger partial charge in [0.05, 0.1) is 13.2 Å². The zero-order valence-corrected chi connectivity index (χ0v) is 12.0. The first-order chi connectivity index (χ1) is 9.56. The summed E-state index contributed by atoms with van der Waals surface area (Å²) in [5.41, 5.74) is 6.59. The summed E-state index contributed by atoms with van der Waals surface area (Å²) in [5, 5.41) is 7.39. The monoisotopic (exact) mass is 283 g/mol. The lowest BCUT2D eigenvalue weighted by Gasteiger charge is -2.22. The number of nitrogens with two attached hydrogens (primary N) is 1. The fourth-order valence-electron chi connectivity index (χ4n) is 1.87. The maximum absolute atomic E-state index is 13.5. The van der Waals surface area contributed by atoms with E-state index in [0.29, 0.717) is 25.3 Å². The van der Waals surface area contributed by atoms with Crippen molar-refractivity contribution in [3.63, 3.8) is 0 Å². The predicted octanol–water partition coefficient (Wildman–Crippen LogP) is 1.20. The standard InChI is InChI=1S/C14H22FN3O2/c1-19-5-3-18(4-6-20-2)10-11-7-12(14(16)17)9-13(15)8-11/h7-9H,3-6,10H2,1-2H3,(H3,16,17). The molecule has 1 aromatic carbocycles. The Labute approximate surface area is 119 Å². The average molecular weight is 283 g/mol. The van der Waals surface area contributed by atoms with Gasteiger partial charge in [-0.2, -0.15) is 0 Å². The van der Waals surface area contributed by atoms with Crippen LogP contribution in [0.5, 0.6) is 0 Å². The van der Waals surface area contributed by atoms with E-state index < -0.39 is 0 Å². The molecule has 3 N–H and O–H groups in total. The fourth-order valence-corrected chi connectivity index (χ4v) is 1.87. The Hall–Kier alpha value is -1.50. The van der Waals surface area contributed by atoms with E-state index in [-0.39, 0.29) is 11.7 Å². The number of nitrogens with zero attached hydrogens (tertiary/aromatic N) is 1. The molecule has 5 nitrogen and oxygen atoms in total. The van der Waals surface area contributed by atoms with Gasteiger partial charge in [0.1, 0.15) is 11.7 Å². The molecule has 0 heterocycles. The van der Waals surface area contributed by atoms with Crippen molar-refractivity contribution in [3.05, 3.63) is 35.1 Å². The van der Waals surface area contributed by atoms with Gasteiger partial charge < -0.3 is 15.2 Å². The van der Waals surface area contributed by atoms with Gasteiger partial charge in [-0.1, -0.05) is 0 Å². The van der Waals surface area contributed by atoms with Crippen LogP contribution in [0.25, 0.3) is 0 Å². The number of nitrogen functional groups attached to an aromatic ring is 1. The van der Waals surface area contributed by atoms with Gasteiger partial charge in [0.15, 0.2) is 0 Å². The van der Waals surface area contributed by atoms with E-state index in [1.54, 1.807) is 20.3 Å². The lowest BCUT2D eigenvalue weighted by Crippen LogP contribution is -2.30. The molecule has 0 amide bonds. The van der Waals surface area contributed by atoms with Crippen LogP contribution in [0.4, 0.5) is 4.39 Å². The number of ether oxygens (including phenoxy) is 2. The molecule has 0 fully saturated rings. The van der Waals surface area contributed by atoms with Crippen LogP contribution in [-0.4, -0.2) is 51.3 Å². The second-order valence-corrected chi connectivity index (χ2v) is 4.52. The van der Waals surface area contributed by atoms with Crippen molar-refractivity contribution >= 4 is 5.84 Å². The third-order valence-corrected chi connectivity index (χ3v) is 2.90. The first-order valence-corrected chi connectivity index (χ1v) is 6.41. The number of amidine groups is 1. The summed E-state index contributed by atoms with van der Waals surface area (Å²) in [7, 11) is 3.29. The van der Waals surface area contributed by atoms with Crippen molar-refractivity contribution in [2.24, 2.45) is 5.73 Å². The quantitative estimate of drug-likeness (QED) is 0.528. The lowest BCUT2D eigenvalue weighted by molar-refractivity contribution is 0.110. The predicted molar refractivity (Wildman–Crippen MR) is 76.4 cm³/mol. The molecule has 112 valence electrons. The number of rotatable bonds is 9. The Morgan fingerprint density at radius 3 is 2.30 bits per heavy atom. The van der Waals surface area contributed by atoms with Gasteiger partial charge >= 0.3 is 0 Å². The molecule has 0 aliphatic heterocycles. The summed E-state index contributed by atoms with van der Waals surface area (Å²) in [4.78, 5) is 2.10. The van der Waals surface area contributed by atoms with Crippen LogP contribution < -0.4 is 5.73 Å². The van der Waals surface area contributed by atoms with Crippen molar-refractivity contribution in [1.82, 2.24) is 4.90 Å². The summed E-state index contributed by atoms with van der Waals surface area (Å²) in [6.07, 6.45) is 0. The van der Waals surface area contributed by atoms with E-state index in [4.69, 9.17) is 20.6 Å². The fraction of sp³-hybridized carbons (Fsp3) is 0.500. The summed E-state index contributed by atoms with van der Waals surface area (Å²) >= 11 is 0. The zero-order valence-electron chi connectivity index (χ0n) is 12.0. The van der Waals surface area contributed by atoms with Crippen LogP contribution in [0.3, 0.4) is 0 Å². The molecule has 6 heteroatoms. The topological polar surface area (TPSA) is 71.6 Å². The molecule has 0 aliphatic carbocycles. The molecular weight excluding hydrogens is 261 g/mol. The van der Waals surface area contributed by atoms with Gasteiger partial charge in [0.2, 0.25) is 0 Å². The molecule has 20 heavy (non-hydrogen) atoms. The van der Waals surface area contributed by atoms with Gasteiger partial charge in [0.25, 0.3) is 0 Å². The second kappa shape index (κ2) is 8.63. The number of methoxy groups -OCH3 is 2. The van der Waals surface area contributed by atoms with Crippen LogP contribution in [0, 0.1) is 11.2 Å². The van der Waals surface area contributed by atoms with Gasteiger partial charge in [-0.3, -0.25) is 10.3 Å². The van der Waals surface area contributed by atoms with Crippen molar-refractivity contribution < 1.29 is 13.9 Å². The molecule has 0 aliphatic rings. The van der Waals surface area contributed by atoms with Gasteiger partial charge in [-0.25, -0.2) is 4.39 Å². The third-order valence-electron chi connectivity index (χ3n) is 2.90. The molecular formula is C14H22FN3O2. The van der Waals surface area contributed by atoms with Crippen LogP contribution >= 0.6 is 0 Å². The number of benzene rings is 1. The molecule has 0 radical (unpaired) electrons. The minimum absolute atomic E-state index is 0.133. The molecule has 0 bridgehead atoms. The van der Waals surface area contributed by atoms with Crippen LogP contribution in [0.15, 0.2) is 18.2 Å². The molecule has 0 saturated heterocycles. The summed E-state index contributed by atoms with van der Waals surface area (Å²) in [5.74, 6) is -0.516. The number of nitrogens with one attached hydrogen (secondary N) is 1. The lowest BCUT2D eigenvalue weighted by atomic mass is 10.1. The first kappa shape index (κ1) is 16.6. The highest BCUT2D eigenvalue weighted by molar-refractivity contribution is 5.95. The Kier molecular flexibility index (Phi) is 7.14. The smallest absolute Gasteiger partial charge is 0.124 e. The minimum atomic E-state index is -0.383. The second-order valence-electron chi connectivity index (χ2n) is 4.52. The Balaban J connectivity index is 2.77. The summed E-state index contributed by atoms with van der Waals surface area (Å²) < 4.78 is 23.7. The van der Waals surface area contributed by atoms with Crippen molar-refractivity contribution in [2.75, 3.05) is 40.5 Å². The van der Waals surface area contributed by atoms with Crippen molar-refractivity contribution in [3.8, 4) is 0 Å². The highest BCUT2D eigenvalue weighted by Crippen LogP contribution is 2.11. The SMILES string of the molecule is COCCN(CCOC)Cc1cc(F)cc(C(=N)N)c1. The van der Waals surface area contributed by atoms with E-state index in [2.05, 4.69) is 4.90 Å². The van der Waals surface area contributed by atoms with Crippen LogP contribution in [0.2, 0.25) is 0 Å². The Morgan fingerprint density at radius 1 is 1.20 bits per heavy atom. The summed E-state index contributed by atoms with van der Waals surface area (Å²) in [6.45, 7) is 3.21. The molecule has 1 aromatic rings. The average Bonchev–Trinajstić information content (AvgIpc) is 2.41. The molecule has 0 saturated carbocycles. The van der Waals surface area contributed by atoms with E-state index in [0.717, 1.165) is 18.7 Å². The van der Waals surface area contributed by atoms with Gasteiger partial charge in [-0.15, -0.1) is 0 Å². The highest BCUT2D eigenvalue weighted by Gasteiger charge is 2.09. The van der Waals surface area contributed by atoms with E-state index in [1.165, 1.54) is 12.1 Å². The van der Waals surface area contributed by atoms with Crippen molar-refractivity contribution in [2.45, 2.75) is 6.54 Å². The first-order valence-electron chi connectivity index (χ1n) is 6.41. The molecule has 0 spiro atoms. The number of hydrogen-bond donors (Lipinski definition) is 2. The van der Waals surface area contributed by atoms with Gasteiger partial charge in [-0.05, 0) is 23.8 Å². The van der Waals surface area contributed by atoms with E-state index >= 15 is 0 Å². The summed E-state index contributed by atoms with van der Waals surface area (Å²) in [6, 6.07) is 4.46. The number of hydrogen-bond acceptors (Lipinski definition) is 4. The molecule has 0 aromatic heterocycles. The molecule has 1 rings (SSSR count). The highest BCUT2D eigenvalue weighted by atomic mass is 19.1. The maximum atomic E-state index is 13.5. The third kappa shape index (κ3) is 5.64. The van der Waals surface area contributed by atoms with E-state index in [1.807, 2.05) is 0 Å². The van der Waals surface area contributed by atoms with Crippen LogP contribution in [0.1, 0.15) is 11.1 Å². The van der Waals surface area contributed by atoms with Crippen LogP contribution in [-0.2, 0) is 16.0 Å².